The number of imidazole rings is 1. The van der Waals surface area contributed by atoms with Crippen molar-refractivity contribution in [2.75, 3.05) is 23.3 Å². The Morgan fingerprint density at radius 3 is 2.85 bits per heavy atom. The molecule has 2 N–H and O–H groups in total. The van der Waals surface area contributed by atoms with E-state index in [4.69, 9.17) is 0 Å². The Balaban J connectivity index is 1.62. The highest BCUT2D eigenvalue weighted by atomic mass is 16.3. The molecule has 3 rings (SSSR count). The summed E-state index contributed by atoms with van der Waals surface area (Å²) in [4.78, 5) is 18.5. The molecule has 0 bridgehead atoms. The van der Waals surface area contributed by atoms with Crippen LogP contribution in [0.4, 0.5) is 11.4 Å². The smallest absolute Gasteiger partial charge is 0.224 e. The molecule has 0 aliphatic carbocycles. The topological polar surface area (TPSA) is 94.2 Å². The molecule has 0 atom stereocenters. The number of piperidine rings is 1. The summed E-state index contributed by atoms with van der Waals surface area (Å²) in [5.74, 6) is 0.756. The fourth-order valence-electron chi connectivity index (χ4n) is 3.17. The summed E-state index contributed by atoms with van der Waals surface area (Å²) in [5.41, 5.74) is 2.00. The van der Waals surface area contributed by atoms with Crippen LogP contribution in [-0.4, -0.2) is 39.8 Å². The third-order valence-corrected chi connectivity index (χ3v) is 4.70. The second-order valence-corrected chi connectivity index (χ2v) is 6.56. The van der Waals surface area contributed by atoms with Crippen molar-refractivity contribution in [3.63, 3.8) is 0 Å². The lowest BCUT2D eigenvalue weighted by molar-refractivity contribution is -0.116. The van der Waals surface area contributed by atoms with E-state index in [1.54, 1.807) is 12.3 Å². The molecule has 1 fully saturated rings. The fraction of sp³-hybridized carbons (Fsp3) is 0.421. The van der Waals surface area contributed by atoms with Gasteiger partial charge in [-0.15, -0.1) is 0 Å². The van der Waals surface area contributed by atoms with E-state index < -0.39 is 0 Å². The van der Waals surface area contributed by atoms with Gasteiger partial charge in [-0.2, -0.15) is 5.26 Å². The van der Waals surface area contributed by atoms with Crippen LogP contribution in [-0.2, 0) is 18.3 Å². The Morgan fingerprint density at radius 2 is 2.19 bits per heavy atom. The van der Waals surface area contributed by atoms with Gasteiger partial charge in [-0.05, 0) is 31.0 Å². The molecule has 0 spiro atoms. The van der Waals surface area contributed by atoms with E-state index in [-0.39, 0.29) is 12.0 Å². The molecule has 2 aromatic rings. The minimum absolute atomic E-state index is 0.106. The van der Waals surface area contributed by atoms with Gasteiger partial charge in [0.2, 0.25) is 5.91 Å². The zero-order valence-electron chi connectivity index (χ0n) is 14.9. The van der Waals surface area contributed by atoms with Crippen LogP contribution in [0.25, 0.3) is 0 Å². The molecule has 136 valence electrons. The van der Waals surface area contributed by atoms with Crippen molar-refractivity contribution in [3.8, 4) is 6.07 Å². The first-order valence-electron chi connectivity index (χ1n) is 8.80. The molecular formula is C19H23N5O2. The van der Waals surface area contributed by atoms with Crippen molar-refractivity contribution in [2.24, 2.45) is 7.05 Å². The normalized spacial score (nSPS) is 14.9. The predicted molar refractivity (Wildman–Crippen MR) is 98.8 cm³/mol. The minimum atomic E-state index is -0.255. The number of nitriles is 1. The second kappa shape index (κ2) is 8.02. The molecule has 1 saturated heterocycles. The van der Waals surface area contributed by atoms with E-state index in [0.717, 1.165) is 24.6 Å². The van der Waals surface area contributed by atoms with E-state index in [1.165, 1.54) is 0 Å². The number of hydrogen-bond acceptors (Lipinski definition) is 5. The quantitative estimate of drug-likeness (QED) is 0.855. The minimum Gasteiger partial charge on any atom is -0.393 e. The molecule has 26 heavy (non-hydrogen) atoms. The summed E-state index contributed by atoms with van der Waals surface area (Å²) in [6, 6.07) is 7.60. The average molecular weight is 353 g/mol. The van der Waals surface area contributed by atoms with Crippen molar-refractivity contribution >= 4 is 17.3 Å². The van der Waals surface area contributed by atoms with Crippen molar-refractivity contribution in [3.05, 3.63) is 42.0 Å². The summed E-state index contributed by atoms with van der Waals surface area (Å²) in [6.07, 6.45) is 5.62. The first kappa shape index (κ1) is 18.0. The lowest BCUT2D eigenvalue weighted by Gasteiger charge is -2.32. The molecule has 0 unspecified atom stereocenters. The first-order valence-corrected chi connectivity index (χ1v) is 8.80. The van der Waals surface area contributed by atoms with Crippen LogP contribution >= 0.6 is 0 Å². The van der Waals surface area contributed by atoms with E-state index in [0.29, 0.717) is 36.9 Å². The number of hydrogen-bond donors (Lipinski definition) is 2. The largest absolute Gasteiger partial charge is 0.393 e. The zero-order chi connectivity index (χ0) is 18.5. The van der Waals surface area contributed by atoms with Gasteiger partial charge in [0.05, 0.1) is 17.4 Å². The van der Waals surface area contributed by atoms with Crippen molar-refractivity contribution < 1.29 is 9.90 Å². The van der Waals surface area contributed by atoms with Gasteiger partial charge in [0, 0.05) is 51.1 Å². The summed E-state index contributed by atoms with van der Waals surface area (Å²) in [7, 11) is 1.90. The van der Waals surface area contributed by atoms with Crippen LogP contribution in [0, 0.1) is 11.3 Å². The van der Waals surface area contributed by atoms with Crippen molar-refractivity contribution in [1.82, 2.24) is 9.55 Å². The molecule has 1 aliphatic heterocycles. The molecule has 1 aromatic carbocycles. The fourth-order valence-corrected chi connectivity index (χ4v) is 3.17. The van der Waals surface area contributed by atoms with Gasteiger partial charge in [0.25, 0.3) is 0 Å². The predicted octanol–water partition coefficient (Wildman–Crippen LogP) is 1.82. The Kier molecular flexibility index (Phi) is 5.54. The number of anilines is 2. The SMILES string of the molecule is Cn1ccnc1CCC(=O)Nc1ccc(N2CCC(O)CC2)c(C#N)c1. The van der Waals surface area contributed by atoms with Gasteiger partial charge in [-0.1, -0.05) is 0 Å². The maximum Gasteiger partial charge on any atom is 0.224 e. The van der Waals surface area contributed by atoms with Crippen LogP contribution in [0.5, 0.6) is 0 Å². The highest BCUT2D eigenvalue weighted by molar-refractivity contribution is 5.91. The molecule has 1 amide bonds. The molecule has 7 nitrogen and oxygen atoms in total. The molecule has 2 heterocycles. The van der Waals surface area contributed by atoms with Crippen LogP contribution in [0.3, 0.4) is 0 Å². The zero-order valence-corrected chi connectivity index (χ0v) is 14.9. The van der Waals surface area contributed by atoms with Crippen molar-refractivity contribution in [1.29, 1.82) is 5.26 Å². The molecule has 1 aromatic heterocycles. The van der Waals surface area contributed by atoms with E-state index in [1.807, 2.05) is 29.9 Å². The van der Waals surface area contributed by atoms with Crippen LogP contribution in [0.2, 0.25) is 0 Å². The average Bonchev–Trinajstić information content (AvgIpc) is 3.05. The lowest BCUT2D eigenvalue weighted by atomic mass is 10.0. The van der Waals surface area contributed by atoms with Gasteiger partial charge < -0.3 is 19.9 Å². The molecule has 7 heteroatoms. The second-order valence-electron chi connectivity index (χ2n) is 6.56. The van der Waals surface area contributed by atoms with Gasteiger partial charge in [0.15, 0.2) is 0 Å². The van der Waals surface area contributed by atoms with Crippen molar-refractivity contribution in [2.45, 2.75) is 31.8 Å². The highest BCUT2D eigenvalue weighted by Gasteiger charge is 2.19. The number of carbonyl (C=O) groups excluding carboxylic acids is 1. The third-order valence-electron chi connectivity index (χ3n) is 4.70. The number of rotatable bonds is 5. The van der Waals surface area contributed by atoms with E-state index in [9.17, 15) is 15.2 Å². The number of carbonyl (C=O) groups is 1. The number of amides is 1. The van der Waals surface area contributed by atoms with E-state index in [2.05, 4.69) is 21.3 Å². The van der Waals surface area contributed by atoms with Gasteiger partial charge in [-0.25, -0.2) is 4.98 Å². The van der Waals surface area contributed by atoms with Gasteiger partial charge >= 0.3 is 0 Å². The first-order chi connectivity index (χ1) is 12.6. The summed E-state index contributed by atoms with van der Waals surface area (Å²) in [6.45, 7) is 1.45. The Morgan fingerprint density at radius 1 is 1.42 bits per heavy atom. The maximum atomic E-state index is 12.2. The number of aromatic nitrogens is 2. The number of aliphatic hydroxyl groups is 1. The van der Waals surface area contributed by atoms with Crippen LogP contribution < -0.4 is 10.2 Å². The molecular weight excluding hydrogens is 330 g/mol. The van der Waals surface area contributed by atoms with Gasteiger partial charge in [-0.3, -0.25) is 4.79 Å². The summed E-state index contributed by atoms with van der Waals surface area (Å²) in [5, 5.41) is 22.0. The molecule has 1 aliphatic rings. The van der Waals surface area contributed by atoms with E-state index >= 15 is 0 Å². The summed E-state index contributed by atoms with van der Waals surface area (Å²) >= 11 is 0. The Hall–Kier alpha value is -2.85. The number of nitrogens with one attached hydrogen (secondary N) is 1. The Bertz CT molecular complexity index is 816. The highest BCUT2D eigenvalue weighted by Crippen LogP contribution is 2.26. The number of aryl methyl sites for hydroxylation is 2. The molecule has 0 saturated carbocycles. The summed E-state index contributed by atoms with van der Waals surface area (Å²) < 4.78 is 1.89. The third kappa shape index (κ3) is 4.21. The lowest BCUT2D eigenvalue weighted by Crippen LogP contribution is -2.36. The number of aliphatic hydroxyl groups excluding tert-OH is 1. The number of benzene rings is 1. The van der Waals surface area contributed by atoms with Crippen LogP contribution in [0.15, 0.2) is 30.6 Å². The Labute approximate surface area is 152 Å². The standard InChI is InChI=1S/C19H23N5O2/c1-23-11-8-21-18(23)4-5-19(26)22-15-2-3-17(14(12-15)13-20)24-9-6-16(25)7-10-24/h2-3,8,11-12,16,25H,4-7,9-10H2,1H3,(H,22,26). The van der Waals surface area contributed by atoms with Gasteiger partial charge in [0.1, 0.15) is 11.9 Å². The van der Waals surface area contributed by atoms with Crippen LogP contribution in [0.1, 0.15) is 30.7 Å². The monoisotopic (exact) mass is 353 g/mol. The maximum absolute atomic E-state index is 12.2. The number of nitrogens with zero attached hydrogens (tertiary/aromatic N) is 4. The molecule has 0 radical (unpaired) electrons.